The lowest BCUT2D eigenvalue weighted by atomic mass is 10.0. The molecule has 1 unspecified atom stereocenters. The van der Waals surface area contributed by atoms with Gasteiger partial charge in [-0.05, 0) is 43.0 Å². The second-order valence-corrected chi connectivity index (χ2v) is 7.36. The van der Waals surface area contributed by atoms with Gasteiger partial charge in [-0.15, -0.1) is 0 Å². The predicted molar refractivity (Wildman–Crippen MR) is 94.9 cm³/mol. The number of hydrogen-bond donors (Lipinski definition) is 0. The van der Waals surface area contributed by atoms with Crippen molar-refractivity contribution in [1.82, 2.24) is 9.97 Å². The summed E-state index contributed by atoms with van der Waals surface area (Å²) in [6.07, 6.45) is 3.56. The number of nitro groups is 1. The molecule has 0 amide bonds. The molecule has 3 rings (SSSR count). The molecule has 0 saturated carbocycles. The number of benzene rings is 1. The van der Waals surface area contributed by atoms with Crippen LogP contribution in [0.1, 0.15) is 19.8 Å². The Hall–Kier alpha value is -1.86. The number of aromatic nitrogens is 2. The van der Waals surface area contributed by atoms with Gasteiger partial charge in [0.1, 0.15) is 6.33 Å². The lowest BCUT2D eigenvalue weighted by Crippen LogP contribution is -2.35. The van der Waals surface area contributed by atoms with E-state index in [2.05, 4.69) is 16.9 Å². The predicted octanol–water partition coefficient (Wildman–Crippen LogP) is 4.43. The summed E-state index contributed by atoms with van der Waals surface area (Å²) in [5, 5.41) is 12.7. The van der Waals surface area contributed by atoms with E-state index in [-0.39, 0.29) is 10.6 Å². The van der Waals surface area contributed by atoms with Crippen molar-refractivity contribution in [1.29, 1.82) is 0 Å². The van der Waals surface area contributed by atoms with E-state index in [4.69, 9.17) is 11.6 Å². The zero-order valence-corrected chi connectivity index (χ0v) is 14.8. The Balaban J connectivity index is 1.95. The molecular weight excluding hydrogens is 348 g/mol. The molecule has 0 aliphatic carbocycles. The van der Waals surface area contributed by atoms with E-state index in [1.165, 1.54) is 18.1 Å². The minimum atomic E-state index is -0.382. The van der Waals surface area contributed by atoms with Gasteiger partial charge in [0.25, 0.3) is 0 Å². The van der Waals surface area contributed by atoms with E-state index in [1.807, 2.05) is 17.0 Å². The van der Waals surface area contributed by atoms with Crippen LogP contribution in [0.15, 0.2) is 40.5 Å². The third-order valence-electron chi connectivity index (χ3n) is 3.94. The first-order valence-corrected chi connectivity index (χ1v) is 8.92. The van der Waals surface area contributed by atoms with E-state index in [9.17, 15) is 10.1 Å². The van der Waals surface area contributed by atoms with Gasteiger partial charge in [0.15, 0.2) is 5.03 Å². The van der Waals surface area contributed by atoms with Crippen LogP contribution in [-0.4, -0.2) is 28.0 Å². The van der Waals surface area contributed by atoms with Gasteiger partial charge in [-0.25, -0.2) is 9.97 Å². The zero-order valence-electron chi connectivity index (χ0n) is 13.2. The molecule has 1 atom stereocenters. The van der Waals surface area contributed by atoms with Crippen molar-refractivity contribution in [2.75, 3.05) is 18.0 Å². The second kappa shape index (κ2) is 7.36. The summed E-state index contributed by atoms with van der Waals surface area (Å²) < 4.78 is 0. The summed E-state index contributed by atoms with van der Waals surface area (Å²) in [6, 6.07) is 7.15. The summed E-state index contributed by atoms with van der Waals surface area (Å²) in [6.45, 7) is 3.72. The highest BCUT2D eigenvalue weighted by Gasteiger charge is 2.29. The Labute approximate surface area is 149 Å². The van der Waals surface area contributed by atoms with Gasteiger partial charge >= 0.3 is 5.69 Å². The standard InChI is InChI=1S/C16H17ClN4O2S/c1-11-3-2-8-20(9-11)15-14(21(22)23)16(19-10-18-15)24-13-6-4-12(17)5-7-13/h4-7,10-11H,2-3,8-9H2,1H3. The third-order valence-corrected chi connectivity index (χ3v) is 5.19. The summed E-state index contributed by atoms with van der Waals surface area (Å²) in [5.74, 6) is 0.915. The molecule has 0 N–H and O–H groups in total. The van der Waals surface area contributed by atoms with Crippen molar-refractivity contribution in [3.63, 3.8) is 0 Å². The Morgan fingerprint density at radius 2 is 2.08 bits per heavy atom. The monoisotopic (exact) mass is 364 g/mol. The molecule has 8 heteroatoms. The number of hydrogen-bond acceptors (Lipinski definition) is 6. The number of nitrogens with zero attached hydrogens (tertiary/aromatic N) is 4. The van der Waals surface area contributed by atoms with Crippen molar-refractivity contribution in [3.05, 3.63) is 45.7 Å². The fraction of sp³-hybridized carbons (Fsp3) is 0.375. The lowest BCUT2D eigenvalue weighted by Gasteiger charge is -2.31. The van der Waals surface area contributed by atoms with E-state index in [0.717, 1.165) is 30.8 Å². The van der Waals surface area contributed by atoms with Crippen molar-refractivity contribution in [2.24, 2.45) is 5.92 Å². The van der Waals surface area contributed by atoms with Gasteiger partial charge < -0.3 is 4.90 Å². The molecule has 1 aromatic carbocycles. The quantitative estimate of drug-likeness (QED) is 0.454. The van der Waals surface area contributed by atoms with Crippen LogP contribution in [0, 0.1) is 16.0 Å². The third kappa shape index (κ3) is 3.79. The molecule has 1 fully saturated rings. The molecular formula is C16H17ClN4O2S. The fourth-order valence-electron chi connectivity index (χ4n) is 2.82. The summed E-state index contributed by atoms with van der Waals surface area (Å²) in [5.41, 5.74) is -0.0217. The highest BCUT2D eigenvalue weighted by Crippen LogP contribution is 2.39. The fourth-order valence-corrected chi connectivity index (χ4v) is 3.80. The van der Waals surface area contributed by atoms with Crippen LogP contribution in [0.5, 0.6) is 0 Å². The second-order valence-electron chi connectivity index (χ2n) is 5.86. The van der Waals surface area contributed by atoms with Crippen LogP contribution < -0.4 is 4.90 Å². The molecule has 2 heterocycles. The molecule has 2 aromatic rings. The molecule has 126 valence electrons. The minimum Gasteiger partial charge on any atom is -0.350 e. The normalized spacial score (nSPS) is 17.8. The van der Waals surface area contributed by atoms with Gasteiger partial charge in [-0.3, -0.25) is 10.1 Å². The minimum absolute atomic E-state index is 0.0217. The average Bonchev–Trinajstić information content (AvgIpc) is 2.56. The molecule has 1 aliphatic heterocycles. The molecule has 0 bridgehead atoms. The van der Waals surface area contributed by atoms with Gasteiger partial charge in [0, 0.05) is 23.0 Å². The Morgan fingerprint density at radius 3 is 2.75 bits per heavy atom. The first-order chi connectivity index (χ1) is 11.5. The smallest absolute Gasteiger partial charge is 0.343 e. The first-order valence-electron chi connectivity index (χ1n) is 7.72. The summed E-state index contributed by atoms with van der Waals surface area (Å²) >= 11 is 7.14. The SMILES string of the molecule is CC1CCCN(c2ncnc(Sc3ccc(Cl)cc3)c2[N+](=O)[O-])C1. The Kier molecular flexibility index (Phi) is 5.20. The number of halogens is 1. The molecule has 0 radical (unpaired) electrons. The van der Waals surface area contributed by atoms with Crippen LogP contribution >= 0.6 is 23.4 Å². The van der Waals surface area contributed by atoms with Crippen LogP contribution in [-0.2, 0) is 0 Å². The molecule has 0 spiro atoms. The van der Waals surface area contributed by atoms with Crippen molar-refractivity contribution < 1.29 is 4.92 Å². The average molecular weight is 365 g/mol. The highest BCUT2D eigenvalue weighted by atomic mass is 35.5. The molecule has 24 heavy (non-hydrogen) atoms. The number of piperidine rings is 1. The van der Waals surface area contributed by atoms with Crippen LogP contribution in [0.25, 0.3) is 0 Å². The van der Waals surface area contributed by atoms with E-state index in [1.54, 1.807) is 12.1 Å². The Morgan fingerprint density at radius 1 is 1.33 bits per heavy atom. The van der Waals surface area contributed by atoms with Gasteiger partial charge in [-0.1, -0.05) is 30.3 Å². The number of anilines is 1. The maximum Gasteiger partial charge on any atom is 0.343 e. The summed E-state index contributed by atoms with van der Waals surface area (Å²) in [7, 11) is 0. The van der Waals surface area contributed by atoms with Crippen molar-refractivity contribution >= 4 is 34.9 Å². The van der Waals surface area contributed by atoms with E-state index < -0.39 is 0 Å². The highest BCUT2D eigenvalue weighted by molar-refractivity contribution is 7.99. The maximum atomic E-state index is 11.7. The van der Waals surface area contributed by atoms with Gasteiger partial charge in [0.2, 0.25) is 5.82 Å². The molecule has 1 aromatic heterocycles. The topological polar surface area (TPSA) is 72.2 Å². The van der Waals surface area contributed by atoms with E-state index >= 15 is 0 Å². The van der Waals surface area contributed by atoms with Crippen molar-refractivity contribution in [3.8, 4) is 0 Å². The first kappa shape index (κ1) is 17.0. The van der Waals surface area contributed by atoms with E-state index in [0.29, 0.717) is 21.8 Å². The Bertz CT molecular complexity index is 741. The van der Waals surface area contributed by atoms with Crippen molar-refractivity contribution in [2.45, 2.75) is 29.7 Å². The maximum absolute atomic E-state index is 11.7. The summed E-state index contributed by atoms with van der Waals surface area (Å²) in [4.78, 5) is 22.5. The molecule has 1 saturated heterocycles. The van der Waals surface area contributed by atoms with Crippen LogP contribution in [0.2, 0.25) is 5.02 Å². The zero-order chi connectivity index (χ0) is 17.1. The van der Waals surface area contributed by atoms with Gasteiger partial charge in [-0.2, -0.15) is 0 Å². The van der Waals surface area contributed by atoms with Crippen LogP contribution in [0.4, 0.5) is 11.5 Å². The van der Waals surface area contributed by atoms with Gasteiger partial charge in [0.05, 0.1) is 4.92 Å². The molecule has 1 aliphatic rings. The molecule has 6 nitrogen and oxygen atoms in total. The number of rotatable bonds is 4. The van der Waals surface area contributed by atoms with Crippen LogP contribution in [0.3, 0.4) is 0 Å². The lowest BCUT2D eigenvalue weighted by molar-refractivity contribution is -0.387. The largest absolute Gasteiger partial charge is 0.350 e.